The normalized spacial score (nSPS) is 27.4. The van der Waals surface area contributed by atoms with Gasteiger partial charge >= 0.3 is 23.9 Å². The molecule has 0 amide bonds. The molecule has 1 fully saturated rings. The minimum Gasteiger partial charge on any atom is -0.463 e. The fourth-order valence-electron chi connectivity index (χ4n) is 2.53. The van der Waals surface area contributed by atoms with Gasteiger partial charge < -0.3 is 23.7 Å². The Morgan fingerprint density at radius 2 is 1.29 bits per heavy atom. The van der Waals surface area contributed by atoms with Crippen LogP contribution in [-0.4, -0.2) is 75.8 Å². The fraction of sp³-hybridized carbons (Fsp3) is 0.733. The second-order valence-electron chi connectivity index (χ2n) is 6.01. The molecule has 0 saturated carbocycles. The summed E-state index contributed by atoms with van der Waals surface area (Å²) in [5, 5.41) is 0. The first-order valence-electron chi connectivity index (χ1n) is 8.08. The third-order valence-electron chi connectivity index (χ3n) is 3.32. The highest BCUT2D eigenvalue weighted by Crippen LogP contribution is 2.28. The molecule has 13 heteroatoms. The summed E-state index contributed by atoms with van der Waals surface area (Å²) in [4.78, 5) is 45.7. The molecule has 0 aromatic rings. The minimum absolute atomic E-state index is 0.445. The van der Waals surface area contributed by atoms with Crippen LogP contribution in [0.4, 0.5) is 0 Å². The lowest BCUT2D eigenvalue weighted by atomic mass is 9.97. The van der Waals surface area contributed by atoms with Crippen molar-refractivity contribution in [1.29, 1.82) is 0 Å². The highest BCUT2D eigenvalue weighted by molar-refractivity contribution is 7.88. The van der Waals surface area contributed by atoms with Crippen LogP contribution in [0.1, 0.15) is 27.7 Å². The number of hydrogen-bond donors (Lipinski definition) is 1. The number of carbonyl (C=O) groups excluding carboxylic acids is 4. The quantitative estimate of drug-likeness (QED) is 0.378. The minimum atomic E-state index is -3.86. The largest absolute Gasteiger partial charge is 0.463 e. The number of carbonyl (C=O) groups is 4. The molecule has 1 saturated heterocycles. The maximum absolute atomic E-state index is 11.7. The molecule has 5 atom stereocenters. The van der Waals surface area contributed by atoms with Gasteiger partial charge in [0.25, 0.3) is 0 Å². The zero-order valence-corrected chi connectivity index (χ0v) is 16.8. The lowest BCUT2D eigenvalue weighted by molar-refractivity contribution is -0.254. The van der Waals surface area contributed by atoms with E-state index in [0.717, 1.165) is 34.0 Å². The molecule has 0 aromatic carbocycles. The van der Waals surface area contributed by atoms with Crippen LogP contribution in [0.3, 0.4) is 0 Å². The van der Waals surface area contributed by atoms with Crippen LogP contribution < -0.4 is 4.72 Å². The molecular weight excluding hydrogens is 402 g/mol. The SMILES string of the molecule is CC(=O)OC[C@H]1O[C@@H](NS(C)(=O)=O)[C@@H](OC(C)=O)[C@@H](OC(C)=O)[C@@H]1OC(C)=O. The Morgan fingerprint density at radius 3 is 1.71 bits per heavy atom. The summed E-state index contributed by atoms with van der Waals surface area (Å²) in [5.74, 6) is -3.10. The predicted octanol–water partition coefficient (Wildman–Crippen LogP) is -1.38. The van der Waals surface area contributed by atoms with E-state index in [1.807, 2.05) is 0 Å². The van der Waals surface area contributed by atoms with Crippen molar-refractivity contribution in [2.24, 2.45) is 0 Å². The van der Waals surface area contributed by atoms with Gasteiger partial charge in [0, 0.05) is 27.7 Å². The summed E-state index contributed by atoms with van der Waals surface area (Å²) >= 11 is 0. The molecule has 0 aliphatic carbocycles. The molecule has 1 aliphatic heterocycles. The van der Waals surface area contributed by atoms with Crippen molar-refractivity contribution in [2.75, 3.05) is 12.9 Å². The molecule has 28 heavy (non-hydrogen) atoms. The molecule has 1 rings (SSSR count). The Labute approximate surface area is 161 Å². The van der Waals surface area contributed by atoms with Crippen LogP contribution in [0.25, 0.3) is 0 Å². The molecular formula is C15H23NO11S. The van der Waals surface area contributed by atoms with E-state index < -0.39 is 71.2 Å². The van der Waals surface area contributed by atoms with E-state index in [9.17, 15) is 27.6 Å². The van der Waals surface area contributed by atoms with Gasteiger partial charge in [0.1, 0.15) is 12.7 Å². The molecule has 0 unspecified atom stereocenters. The number of esters is 4. The molecule has 0 aromatic heterocycles. The van der Waals surface area contributed by atoms with Crippen LogP contribution in [0.5, 0.6) is 0 Å². The fourth-order valence-corrected chi connectivity index (χ4v) is 3.15. The Kier molecular flexibility index (Phi) is 8.32. The molecule has 1 heterocycles. The lowest BCUT2D eigenvalue weighted by Crippen LogP contribution is -2.66. The summed E-state index contributed by atoms with van der Waals surface area (Å²) in [6.07, 6.45) is -6.14. The average Bonchev–Trinajstić information content (AvgIpc) is 2.48. The third kappa shape index (κ3) is 7.78. The molecule has 0 spiro atoms. The highest BCUT2D eigenvalue weighted by atomic mass is 32.2. The Balaban J connectivity index is 3.36. The van der Waals surface area contributed by atoms with Crippen LogP contribution in [0, 0.1) is 0 Å². The van der Waals surface area contributed by atoms with Gasteiger partial charge in [-0.05, 0) is 0 Å². The monoisotopic (exact) mass is 425 g/mol. The van der Waals surface area contributed by atoms with Gasteiger partial charge in [-0.15, -0.1) is 0 Å². The first-order chi connectivity index (χ1) is 12.8. The van der Waals surface area contributed by atoms with E-state index in [0.29, 0.717) is 0 Å². The van der Waals surface area contributed by atoms with Crippen molar-refractivity contribution in [1.82, 2.24) is 4.72 Å². The lowest BCUT2D eigenvalue weighted by Gasteiger charge is -2.44. The molecule has 160 valence electrons. The van der Waals surface area contributed by atoms with Gasteiger partial charge in [0.15, 0.2) is 24.5 Å². The number of ether oxygens (including phenoxy) is 5. The first kappa shape index (κ1) is 23.8. The van der Waals surface area contributed by atoms with Gasteiger partial charge in [0.05, 0.1) is 6.26 Å². The Morgan fingerprint density at radius 1 is 0.821 bits per heavy atom. The predicted molar refractivity (Wildman–Crippen MR) is 89.9 cm³/mol. The summed E-state index contributed by atoms with van der Waals surface area (Å²) < 4.78 is 51.2. The second-order valence-corrected chi connectivity index (χ2v) is 7.79. The number of rotatable bonds is 7. The summed E-state index contributed by atoms with van der Waals surface area (Å²) in [7, 11) is -3.86. The van der Waals surface area contributed by atoms with Crippen LogP contribution in [-0.2, 0) is 52.9 Å². The number of hydrogen-bond acceptors (Lipinski definition) is 11. The van der Waals surface area contributed by atoms with Crippen LogP contribution in [0.2, 0.25) is 0 Å². The van der Waals surface area contributed by atoms with E-state index in [4.69, 9.17) is 23.7 Å². The Hall–Kier alpha value is -2.25. The number of sulfonamides is 1. The van der Waals surface area contributed by atoms with E-state index >= 15 is 0 Å². The van der Waals surface area contributed by atoms with E-state index in [2.05, 4.69) is 4.72 Å². The van der Waals surface area contributed by atoms with Crippen molar-refractivity contribution in [3.05, 3.63) is 0 Å². The van der Waals surface area contributed by atoms with Crippen molar-refractivity contribution in [3.8, 4) is 0 Å². The zero-order chi connectivity index (χ0) is 21.6. The van der Waals surface area contributed by atoms with Crippen LogP contribution >= 0.6 is 0 Å². The molecule has 0 bridgehead atoms. The topological polar surface area (TPSA) is 161 Å². The second kappa shape index (κ2) is 9.80. The van der Waals surface area contributed by atoms with Gasteiger partial charge in [-0.3, -0.25) is 19.2 Å². The standard InChI is InChI=1S/C15H23NO11S/c1-7(17)23-6-11-12(24-8(2)18)13(25-9(3)19)14(26-10(4)20)15(27-11)16-28(5,21)22/h11-16H,6H2,1-5H3/t11-,12-,13+,14+,15-/m1/s1. The zero-order valence-electron chi connectivity index (χ0n) is 16.0. The van der Waals surface area contributed by atoms with Gasteiger partial charge in [0.2, 0.25) is 10.0 Å². The maximum Gasteiger partial charge on any atom is 0.303 e. The average molecular weight is 425 g/mol. The van der Waals surface area contributed by atoms with E-state index in [-0.39, 0.29) is 0 Å². The van der Waals surface area contributed by atoms with Crippen molar-refractivity contribution >= 4 is 33.9 Å². The molecule has 0 radical (unpaired) electrons. The molecule has 12 nitrogen and oxygen atoms in total. The van der Waals surface area contributed by atoms with Crippen LogP contribution in [0.15, 0.2) is 0 Å². The summed E-state index contributed by atoms with van der Waals surface area (Å²) in [6.45, 7) is 3.87. The van der Waals surface area contributed by atoms with Crippen molar-refractivity contribution < 1.29 is 51.3 Å². The highest BCUT2D eigenvalue weighted by Gasteiger charge is 2.52. The molecule has 1 aliphatic rings. The number of nitrogens with one attached hydrogen (secondary N) is 1. The maximum atomic E-state index is 11.7. The summed E-state index contributed by atoms with van der Waals surface area (Å²) in [6, 6.07) is 0. The Bertz CT molecular complexity index is 719. The van der Waals surface area contributed by atoms with Gasteiger partial charge in [-0.25, -0.2) is 8.42 Å². The summed E-state index contributed by atoms with van der Waals surface area (Å²) in [5.41, 5.74) is 0. The van der Waals surface area contributed by atoms with Crippen molar-refractivity contribution in [2.45, 2.75) is 58.3 Å². The van der Waals surface area contributed by atoms with Gasteiger partial charge in [-0.1, -0.05) is 0 Å². The van der Waals surface area contributed by atoms with Crippen molar-refractivity contribution in [3.63, 3.8) is 0 Å². The van der Waals surface area contributed by atoms with E-state index in [1.54, 1.807) is 0 Å². The smallest absolute Gasteiger partial charge is 0.303 e. The van der Waals surface area contributed by atoms with E-state index in [1.165, 1.54) is 0 Å². The molecule has 1 N–H and O–H groups in total. The van der Waals surface area contributed by atoms with Gasteiger partial charge in [-0.2, -0.15) is 4.72 Å². The third-order valence-corrected chi connectivity index (χ3v) is 3.98. The first-order valence-corrected chi connectivity index (χ1v) is 9.97.